The molecule has 0 radical (unpaired) electrons. The fourth-order valence-electron chi connectivity index (χ4n) is 2.31. The van der Waals surface area contributed by atoms with Crippen LogP contribution in [0.5, 0.6) is 6.01 Å². The maximum Gasteiger partial charge on any atom is 0.323 e. The molecule has 2 N–H and O–H groups in total. The lowest BCUT2D eigenvalue weighted by atomic mass is 9.99. The Kier molecular flexibility index (Phi) is 5.34. The van der Waals surface area contributed by atoms with Crippen molar-refractivity contribution in [3.05, 3.63) is 0 Å². The second-order valence-corrected chi connectivity index (χ2v) is 4.84. The SMILES string of the molecule is CCNc1nc(OCC)nc(N2CCCC(CO)C2)n1. The number of ether oxygens (including phenoxy) is 1. The minimum atomic E-state index is 0.208. The molecule has 112 valence electrons. The van der Waals surface area contributed by atoms with Gasteiger partial charge in [-0.2, -0.15) is 15.0 Å². The number of aliphatic hydroxyl groups excluding tert-OH is 1. The molecule has 1 aliphatic rings. The summed E-state index contributed by atoms with van der Waals surface area (Å²) in [5.41, 5.74) is 0. The summed E-state index contributed by atoms with van der Waals surface area (Å²) in [5, 5.41) is 12.4. The van der Waals surface area contributed by atoms with Crippen LogP contribution in [-0.4, -0.2) is 52.9 Å². The van der Waals surface area contributed by atoms with Crippen LogP contribution >= 0.6 is 0 Å². The van der Waals surface area contributed by atoms with Gasteiger partial charge in [0, 0.05) is 26.2 Å². The third kappa shape index (κ3) is 3.69. The maximum absolute atomic E-state index is 9.32. The minimum Gasteiger partial charge on any atom is -0.464 e. The maximum atomic E-state index is 9.32. The summed E-state index contributed by atoms with van der Waals surface area (Å²) in [6.07, 6.45) is 2.09. The molecule has 0 saturated carbocycles. The van der Waals surface area contributed by atoms with Crippen LogP contribution in [0, 0.1) is 5.92 Å². The Morgan fingerprint density at radius 1 is 1.35 bits per heavy atom. The fourth-order valence-corrected chi connectivity index (χ4v) is 2.31. The number of nitrogens with one attached hydrogen (secondary N) is 1. The van der Waals surface area contributed by atoms with E-state index in [1.54, 1.807) is 0 Å². The van der Waals surface area contributed by atoms with Crippen LogP contribution in [0.4, 0.5) is 11.9 Å². The first kappa shape index (κ1) is 14.8. The molecule has 2 rings (SSSR count). The first-order chi connectivity index (χ1) is 9.76. The molecule has 7 nitrogen and oxygen atoms in total. The van der Waals surface area contributed by atoms with Crippen LogP contribution in [0.25, 0.3) is 0 Å². The van der Waals surface area contributed by atoms with Crippen molar-refractivity contribution in [3.8, 4) is 6.01 Å². The highest BCUT2D eigenvalue weighted by molar-refractivity contribution is 5.38. The number of rotatable bonds is 6. The zero-order valence-electron chi connectivity index (χ0n) is 12.2. The molecule has 1 unspecified atom stereocenters. The van der Waals surface area contributed by atoms with E-state index in [1.165, 1.54) is 0 Å². The van der Waals surface area contributed by atoms with Gasteiger partial charge in [0.05, 0.1) is 6.61 Å². The quantitative estimate of drug-likeness (QED) is 0.802. The van der Waals surface area contributed by atoms with Crippen molar-refractivity contribution in [3.63, 3.8) is 0 Å². The third-order valence-electron chi connectivity index (χ3n) is 3.27. The van der Waals surface area contributed by atoms with Gasteiger partial charge >= 0.3 is 6.01 Å². The summed E-state index contributed by atoms with van der Waals surface area (Å²) >= 11 is 0. The van der Waals surface area contributed by atoms with E-state index in [2.05, 4.69) is 25.2 Å². The van der Waals surface area contributed by atoms with Gasteiger partial charge in [-0.3, -0.25) is 0 Å². The minimum absolute atomic E-state index is 0.208. The molecular weight excluding hydrogens is 258 g/mol. The first-order valence-electron chi connectivity index (χ1n) is 7.25. The lowest BCUT2D eigenvalue weighted by Gasteiger charge is -2.31. The molecule has 0 amide bonds. The van der Waals surface area contributed by atoms with Gasteiger partial charge in [-0.25, -0.2) is 0 Å². The lowest BCUT2D eigenvalue weighted by Crippen LogP contribution is -2.38. The Hall–Kier alpha value is -1.63. The van der Waals surface area contributed by atoms with Crippen molar-refractivity contribution in [1.82, 2.24) is 15.0 Å². The highest BCUT2D eigenvalue weighted by Crippen LogP contribution is 2.22. The lowest BCUT2D eigenvalue weighted by molar-refractivity contribution is 0.208. The van der Waals surface area contributed by atoms with Crippen molar-refractivity contribution >= 4 is 11.9 Å². The zero-order chi connectivity index (χ0) is 14.4. The summed E-state index contributed by atoms with van der Waals surface area (Å²) in [5.74, 6) is 1.45. The van der Waals surface area contributed by atoms with Gasteiger partial charge in [-0.05, 0) is 32.6 Å². The molecule has 1 saturated heterocycles. The Bertz CT molecular complexity index is 405. The van der Waals surface area contributed by atoms with Gasteiger partial charge in [0.15, 0.2) is 0 Å². The summed E-state index contributed by atoms with van der Waals surface area (Å²) in [6, 6.07) is 0.347. The van der Waals surface area contributed by atoms with Gasteiger partial charge in [0.25, 0.3) is 0 Å². The van der Waals surface area contributed by atoms with E-state index >= 15 is 0 Å². The van der Waals surface area contributed by atoms with E-state index in [1.807, 2.05) is 13.8 Å². The Labute approximate surface area is 119 Å². The molecule has 7 heteroatoms. The van der Waals surface area contributed by atoms with Crippen LogP contribution in [0.15, 0.2) is 0 Å². The number of aliphatic hydroxyl groups is 1. The van der Waals surface area contributed by atoms with Gasteiger partial charge in [0.2, 0.25) is 11.9 Å². The van der Waals surface area contributed by atoms with Crippen LogP contribution < -0.4 is 15.0 Å². The Morgan fingerprint density at radius 2 is 2.20 bits per heavy atom. The van der Waals surface area contributed by atoms with Crippen LogP contribution in [0.3, 0.4) is 0 Å². The van der Waals surface area contributed by atoms with E-state index in [9.17, 15) is 5.11 Å². The van der Waals surface area contributed by atoms with Crippen molar-refractivity contribution in [2.24, 2.45) is 5.92 Å². The number of aromatic nitrogens is 3. The molecule has 1 fully saturated rings. The van der Waals surface area contributed by atoms with Crippen LogP contribution in [-0.2, 0) is 0 Å². The van der Waals surface area contributed by atoms with Gasteiger partial charge in [-0.15, -0.1) is 0 Å². The number of hydrogen-bond acceptors (Lipinski definition) is 7. The molecule has 0 aliphatic carbocycles. The van der Waals surface area contributed by atoms with E-state index in [-0.39, 0.29) is 6.61 Å². The average Bonchev–Trinajstić information content (AvgIpc) is 2.48. The normalized spacial score (nSPS) is 18.9. The number of nitrogens with zero attached hydrogens (tertiary/aromatic N) is 4. The molecule has 1 aromatic rings. The highest BCUT2D eigenvalue weighted by Gasteiger charge is 2.22. The Balaban J connectivity index is 2.19. The summed E-state index contributed by atoms with van der Waals surface area (Å²) in [4.78, 5) is 15.1. The van der Waals surface area contributed by atoms with Crippen LogP contribution in [0.1, 0.15) is 26.7 Å². The van der Waals surface area contributed by atoms with Crippen LogP contribution in [0.2, 0.25) is 0 Å². The average molecular weight is 281 g/mol. The predicted octanol–water partition coefficient (Wildman–Crippen LogP) is 0.911. The number of anilines is 2. The molecule has 0 spiro atoms. The fraction of sp³-hybridized carbons (Fsp3) is 0.769. The molecule has 2 heterocycles. The monoisotopic (exact) mass is 281 g/mol. The van der Waals surface area contributed by atoms with Crippen molar-refractivity contribution in [2.75, 3.05) is 43.1 Å². The summed E-state index contributed by atoms with van der Waals surface area (Å²) < 4.78 is 5.40. The summed E-state index contributed by atoms with van der Waals surface area (Å²) in [7, 11) is 0. The topological polar surface area (TPSA) is 83.4 Å². The number of hydrogen-bond donors (Lipinski definition) is 2. The molecule has 0 bridgehead atoms. The second kappa shape index (κ2) is 7.23. The Morgan fingerprint density at radius 3 is 2.90 bits per heavy atom. The van der Waals surface area contributed by atoms with Gasteiger partial charge < -0.3 is 20.1 Å². The predicted molar refractivity (Wildman–Crippen MR) is 77.2 cm³/mol. The van der Waals surface area contributed by atoms with Crippen molar-refractivity contribution in [2.45, 2.75) is 26.7 Å². The highest BCUT2D eigenvalue weighted by atomic mass is 16.5. The zero-order valence-corrected chi connectivity index (χ0v) is 12.2. The number of piperidine rings is 1. The van der Waals surface area contributed by atoms with Gasteiger partial charge in [0.1, 0.15) is 0 Å². The van der Waals surface area contributed by atoms with E-state index in [4.69, 9.17) is 4.74 Å². The van der Waals surface area contributed by atoms with E-state index < -0.39 is 0 Å². The molecule has 0 aromatic carbocycles. The smallest absolute Gasteiger partial charge is 0.323 e. The first-order valence-corrected chi connectivity index (χ1v) is 7.25. The molecule has 1 aromatic heterocycles. The van der Waals surface area contributed by atoms with E-state index in [0.717, 1.165) is 32.5 Å². The molecule has 20 heavy (non-hydrogen) atoms. The van der Waals surface area contributed by atoms with Gasteiger partial charge in [-0.1, -0.05) is 0 Å². The second-order valence-electron chi connectivity index (χ2n) is 4.84. The molecule has 1 atom stereocenters. The third-order valence-corrected chi connectivity index (χ3v) is 3.27. The van der Waals surface area contributed by atoms with E-state index in [0.29, 0.717) is 30.4 Å². The summed E-state index contributed by atoms with van der Waals surface area (Å²) in [6.45, 7) is 7.05. The van der Waals surface area contributed by atoms with Crippen molar-refractivity contribution in [1.29, 1.82) is 0 Å². The molecular formula is C13H23N5O2. The molecule has 1 aliphatic heterocycles. The standard InChI is InChI=1S/C13H23N5O2/c1-3-14-11-15-12(17-13(16-11)20-4-2)18-7-5-6-10(8-18)9-19/h10,19H,3-9H2,1-2H3,(H,14,15,16,17). The largest absolute Gasteiger partial charge is 0.464 e. The van der Waals surface area contributed by atoms with Crippen molar-refractivity contribution < 1.29 is 9.84 Å².